The van der Waals surface area contributed by atoms with Gasteiger partial charge in [0, 0.05) is 18.7 Å². The number of halogens is 2. The van der Waals surface area contributed by atoms with E-state index in [-0.39, 0.29) is 11.8 Å². The molecule has 0 atom stereocenters. The first-order valence-electron chi connectivity index (χ1n) is 4.60. The molecule has 0 aromatic rings. The first kappa shape index (κ1) is 14.7. The highest BCUT2D eigenvalue weighted by molar-refractivity contribution is 6.12. The van der Waals surface area contributed by atoms with Gasteiger partial charge in [-0.25, -0.2) is 8.78 Å². The van der Waals surface area contributed by atoms with E-state index >= 15 is 0 Å². The van der Waals surface area contributed by atoms with Gasteiger partial charge in [-0.1, -0.05) is 0 Å². The van der Waals surface area contributed by atoms with Crippen LogP contribution in [0.3, 0.4) is 0 Å². The molecule has 0 radical (unpaired) electrons. The standard InChI is InChI=1S/C8H12N2O3.CH2F2/c9-3-5-13-6-4-10-7(11)1-2-8(10)12;2-1-3/h1-2H,3-6,9H2;1H2. The predicted molar refractivity (Wildman–Crippen MR) is 52.8 cm³/mol. The minimum atomic E-state index is -1.75. The zero-order valence-electron chi connectivity index (χ0n) is 8.70. The number of rotatable bonds is 5. The molecule has 0 aliphatic carbocycles. The van der Waals surface area contributed by atoms with E-state index < -0.39 is 6.93 Å². The number of nitrogens with two attached hydrogens (primary N) is 1. The molecule has 0 bridgehead atoms. The van der Waals surface area contributed by atoms with Gasteiger partial charge in [0.15, 0.2) is 0 Å². The summed E-state index contributed by atoms with van der Waals surface area (Å²) in [6.07, 6.45) is 2.51. The Morgan fingerprint density at radius 3 is 2.12 bits per heavy atom. The lowest BCUT2D eigenvalue weighted by Crippen LogP contribution is -2.33. The molecule has 0 spiro atoms. The molecule has 1 heterocycles. The quantitative estimate of drug-likeness (QED) is 0.528. The van der Waals surface area contributed by atoms with Crippen LogP contribution in [0.5, 0.6) is 0 Å². The van der Waals surface area contributed by atoms with Crippen LogP contribution in [0.2, 0.25) is 0 Å². The second kappa shape index (κ2) is 8.93. The maximum Gasteiger partial charge on any atom is 0.253 e. The van der Waals surface area contributed by atoms with E-state index in [1.807, 2.05) is 0 Å². The van der Waals surface area contributed by atoms with Gasteiger partial charge >= 0.3 is 0 Å². The Balaban J connectivity index is 0.000000673. The van der Waals surface area contributed by atoms with Gasteiger partial charge in [-0.3, -0.25) is 14.5 Å². The summed E-state index contributed by atoms with van der Waals surface area (Å²) in [4.78, 5) is 23.1. The molecule has 1 rings (SSSR count). The normalized spacial score (nSPS) is 14.1. The van der Waals surface area contributed by atoms with Crippen LogP contribution in [0.4, 0.5) is 8.78 Å². The molecule has 0 saturated heterocycles. The fourth-order valence-corrected chi connectivity index (χ4v) is 0.993. The van der Waals surface area contributed by atoms with Gasteiger partial charge in [0.1, 0.15) is 0 Å². The molecule has 0 fully saturated rings. The van der Waals surface area contributed by atoms with E-state index in [1.54, 1.807) is 0 Å². The summed E-state index contributed by atoms with van der Waals surface area (Å²) in [5, 5.41) is 0. The molecule has 1 aliphatic rings. The smallest absolute Gasteiger partial charge is 0.253 e. The van der Waals surface area contributed by atoms with E-state index in [1.165, 1.54) is 12.2 Å². The number of alkyl halides is 2. The largest absolute Gasteiger partial charge is 0.378 e. The Kier molecular flexibility index (Phi) is 8.18. The molecule has 2 N–H and O–H groups in total. The Morgan fingerprint density at radius 2 is 1.69 bits per heavy atom. The van der Waals surface area contributed by atoms with Crippen LogP contribution in [0.25, 0.3) is 0 Å². The summed E-state index contributed by atoms with van der Waals surface area (Å²) >= 11 is 0. The number of hydrogen-bond acceptors (Lipinski definition) is 4. The summed E-state index contributed by atoms with van der Waals surface area (Å²) in [5.74, 6) is -0.553. The van der Waals surface area contributed by atoms with Gasteiger partial charge in [0.2, 0.25) is 6.93 Å². The lowest BCUT2D eigenvalue weighted by Gasteiger charge is -2.12. The Hall–Kier alpha value is -1.34. The molecule has 7 heteroatoms. The van der Waals surface area contributed by atoms with Crippen LogP contribution in [0.15, 0.2) is 12.2 Å². The van der Waals surface area contributed by atoms with Crippen LogP contribution < -0.4 is 5.73 Å². The average Bonchev–Trinajstić information content (AvgIpc) is 2.56. The van der Waals surface area contributed by atoms with E-state index in [9.17, 15) is 18.4 Å². The molecule has 2 amide bonds. The van der Waals surface area contributed by atoms with Crippen molar-refractivity contribution in [2.75, 3.05) is 33.2 Å². The third-order valence-corrected chi connectivity index (χ3v) is 1.62. The topological polar surface area (TPSA) is 72.6 Å². The molecule has 0 aromatic heterocycles. The molecule has 1 aliphatic heterocycles. The third kappa shape index (κ3) is 5.52. The van der Waals surface area contributed by atoms with Gasteiger partial charge in [-0.05, 0) is 0 Å². The minimum absolute atomic E-state index is 0.277. The first-order chi connectivity index (χ1) is 7.67. The number of imide groups is 1. The van der Waals surface area contributed by atoms with Gasteiger partial charge in [-0.15, -0.1) is 0 Å². The Bertz CT molecular complexity index is 241. The lowest BCUT2D eigenvalue weighted by atomic mass is 10.5. The first-order valence-corrected chi connectivity index (χ1v) is 4.60. The zero-order chi connectivity index (χ0) is 12.4. The van der Waals surface area contributed by atoms with Crippen LogP contribution in [0.1, 0.15) is 0 Å². The number of ether oxygens (including phenoxy) is 1. The molecular weight excluding hydrogens is 222 g/mol. The maximum absolute atomic E-state index is 11.0. The molecule has 5 nitrogen and oxygen atoms in total. The van der Waals surface area contributed by atoms with Crippen molar-refractivity contribution in [3.63, 3.8) is 0 Å². The van der Waals surface area contributed by atoms with Crippen molar-refractivity contribution in [3.8, 4) is 0 Å². The average molecular weight is 236 g/mol. The van der Waals surface area contributed by atoms with Crippen molar-refractivity contribution in [2.24, 2.45) is 5.73 Å². The number of carbonyl (C=O) groups excluding carboxylic acids is 2. The van der Waals surface area contributed by atoms with Crippen LogP contribution in [-0.4, -0.2) is 49.9 Å². The molecule has 16 heavy (non-hydrogen) atoms. The zero-order valence-corrected chi connectivity index (χ0v) is 8.70. The highest BCUT2D eigenvalue weighted by atomic mass is 19.3. The number of carbonyl (C=O) groups is 2. The Labute approximate surface area is 91.8 Å². The van der Waals surface area contributed by atoms with Crippen molar-refractivity contribution >= 4 is 11.8 Å². The van der Waals surface area contributed by atoms with E-state index in [0.29, 0.717) is 26.3 Å². The van der Waals surface area contributed by atoms with E-state index in [2.05, 4.69) is 0 Å². The van der Waals surface area contributed by atoms with Crippen LogP contribution >= 0.6 is 0 Å². The molecule has 0 saturated carbocycles. The predicted octanol–water partition coefficient (Wildman–Crippen LogP) is -0.230. The molecular formula is C9H14F2N2O3. The lowest BCUT2D eigenvalue weighted by molar-refractivity contribution is -0.137. The minimum Gasteiger partial charge on any atom is -0.378 e. The summed E-state index contributed by atoms with van der Waals surface area (Å²) in [6.45, 7) is -0.217. The SMILES string of the molecule is FCF.NCCOCCN1C(=O)C=CC1=O. The van der Waals surface area contributed by atoms with E-state index in [0.717, 1.165) is 4.90 Å². The highest BCUT2D eigenvalue weighted by Crippen LogP contribution is 2.02. The second-order valence-corrected chi connectivity index (χ2v) is 2.66. The monoisotopic (exact) mass is 236 g/mol. The summed E-state index contributed by atoms with van der Waals surface area (Å²) < 4.78 is 24.3. The van der Waals surface area contributed by atoms with Crippen molar-refractivity contribution in [3.05, 3.63) is 12.2 Å². The third-order valence-electron chi connectivity index (χ3n) is 1.62. The van der Waals surface area contributed by atoms with E-state index in [4.69, 9.17) is 10.5 Å². The summed E-state index contributed by atoms with van der Waals surface area (Å²) in [7, 11) is 0. The summed E-state index contributed by atoms with van der Waals surface area (Å²) in [5.41, 5.74) is 5.19. The number of hydrogen-bond donors (Lipinski definition) is 1. The maximum atomic E-state index is 11.0. The van der Waals surface area contributed by atoms with Gasteiger partial charge in [0.05, 0.1) is 19.8 Å². The molecule has 0 aromatic carbocycles. The molecule has 92 valence electrons. The van der Waals surface area contributed by atoms with Gasteiger partial charge in [0.25, 0.3) is 11.8 Å². The fraction of sp³-hybridized carbons (Fsp3) is 0.556. The Morgan fingerprint density at radius 1 is 1.19 bits per heavy atom. The number of amides is 2. The van der Waals surface area contributed by atoms with Crippen molar-refractivity contribution in [1.29, 1.82) is 0 Å². The van der Waals surface area contributed by atoms with Crippen LogP contribution in [0, 0.1) is 0 Å². The van der Waals surface area contributed by atoms with Crippen LogP contribution in [-0.2, 0) is 14.3 Å². The highest BCUT2D eigenvalue weighted by Gasteiger charge is 2.22. The number of nitrogens with zero attached hydrogens (tertiary/aromatic N) is 1. The fourth-order valence-electron chi connectivity index (χ4n) is 0.993. The van der Waals surface area contributed by atoms with Gasteiger partial charge < -0.3 is 10.5 Å². The molecule has 0 unspecified atom stereocenters. The van der Waals surface area contributed by atoms with Gasteiger partial charge in [-0.2, -0.15) is 0 Å². The van der Waals surface area contributed by atoms with Crippen molar-refractivity contribution < 1.29 is 23.1 Å². The van der Waals surface area contributed by atoms with Crippen molar-refractivity contribution in [1.82, 2.24) is 4.90 Å². The van der Waals surface area contributed by atoms with Crippen molar-refractivity contribution in [2.45, 2.75) is 0 Å². The second-order valence-electron chi connectivity index (χ2n) is 2.66. The summed E-state index contributed by atoms with van der Waals surface area (Å²) in [6, 6.07) is 0.